The zero-order valence-electron chi connectivity index (χ0n) is 10.7. The second-order valence-corrected chi connectivity index (χ2v) is 3.76. The van der Waals surface area contributed by atoms with E-state index in [-0.39, 0.29) is 11.5 Å². The predicted molar refractivity (Wildman–Crippen MR) is 69.2 cm³/mol. The lowest BCUT2D eigenvalue weighted by atomic mass is 10.3. The zero-order chi connectivity index (χ0) is 14.1. The summed E-state index contributed by atoms with van der Waals surface area (Å²) in [6.07, 6.45) is 1.58. The number of amides is 1. The molecule has 1 rings (SSSR count). The molecule has 0 unspecified atom stereocenters. The first kappa shape index (κ1) is 14.9. The van der Waals surface area contributed by atoms with Gasteiger partial charge in [-0.1, -0.05) is 0 Å². The maximum atomic E-state index is 11.3. The van der Waals surface area contributed by atoms with Gasteiger partial charge in [-0.3, -0.25) is 4.79 Å². The van der Waals surface area contributed by atoms with Gasteiger partial charge >= 0.3 is 5.97 Å². The van der Waals surface area contributed by atoms with Gasteiger partial charge in [-0.2, -0.15) is 0 Å². The van der Waals surface area contributed by atoms with Crippen molar-refractivity contribution in [1.82, 2.24) is 10.3 Å². The first-order valence-electron chi connectivity index (χ1n) is 5.82. The number of anilines is 1. The molecule has 0 radical (unpaired) electrons. The summed E-state index contributed by atoms with van der Waals surface area (Å²) in [6.45, 7) is 1.40. The molecule has 7 nitrogen and oxygen atoms in total. The van der Waals surface area contributed by atoms with Crippen molar-refractivity contribution in [2.45, 2.75) is 6.42 Å². The average molecular weight is 267 g/mol. The van der Waals surface area contributed by atoms with E-state index in [1.165, 1.54) is 12.3 Å². The Morgan fingerprint density at radius 1 is 1.37 bits per heavy atom. The van der Waals surface area contributed by atoms with E-state index in [1.807, 2.05) is 0 Å². The topological polar surface area (TPSA) is 101 Å². The molecule has 1 aromatic rings. The van der Waals surface area contributed by atoms with Crippen molar-refractivity contribution in [2.75, 3.05) is 32.1 Å². The van der Waals surface area contributed by atoms with Gasteiger partial charge in [0.05, 0.1) is 12.2 Å². The number of carboxylic acid groups (broad SMARTS) is 1. The number of aromatic nitrogens is 1. The molecule has 0 aliphatic carbocycles. The van der Waals surface area contributed by atoms with Gasteiger partial charge in [0.1, 0.15) is 5.82 Å². The Balaban J connectivity index is 2.25. The van der Waals surface area contributed by atoms with Crippen LogP contribution < -0.4 is 10.6 Å². The second-order valence-electron chi connectivity index (χ2n) is 3.76. The van der Waals surface area contributed by atoms with Crippen molar-refractivity contribution < 1.29 is 19.4 Å². The van der Waals surface area contributed by atoms with E-state index >= 15 is 0 Å². The summed E-state index contributed by atoms with van der Waals surface area (Å²) >= 11 is 0. The van der Waals surface area contributed by atoms with Crippen molar-refractivity contribution in [1.29, 1.82) is 0 Å². The Labute approximate surface area is 111 Å². The fourth-order valence-corrected chi connectivity index (χ4v) is 1.31. The van der Waals surface area contributed by atoms with E-state index in [2.05, 4.69) is 15.6 Å². The summed E-state index contributed by atoms with van der Waals surface area (Å²) in [5, 5.41) is 14.3. The highest BCUT2D eigenvalue weighted by atomic mass is 16.5. The van der Waals surface area contributed by atoms with Gasteiger partial charge in [0.2, 0.25) is 5.91 Å². The van der Waals surface area contributed by atoms with Crippen LogP contribution in [0.2, 0.25) is 0 Å². The third kappa shape index (κ3) is 5.82. The maximum Gasteiger partial charge on any atom is 0.337 e. The number of nitrogens with zero attached hydrogens (tertiary/aromatic N) is 1. The number of carboxylic acids is 1. The lowest BCUT2D eigenvalue weighted by Gasteiger charge is -2.06. The highest BCUT2D eigenvalue weighted by molar-refractivity contribution is 5.87. The van der Waals surface area contributed by atoms with Crippen molar-refractivity contribution in [3.8, 4) is 0 Å². The molecule has 0 aromatic carbocycles. The molecule has 19 heavy (non-hydrogen) atoms. The Kier molecular flexibility index (Phi) is 6.31. The van der Waals surface area contributed by atoms with Crippen LogP contribution in [0.1, 0.15) is 16.8 Å². The molecule has 104 valence electrons. The summed E-state index contributed by atoms with van der Waals surface area (Å²) in [5.74, 6) is -0.557. The van der Waals surface area contributed by atoms with Crippen LogP contribution in [0.5, 0.6) is 0 Å². The van der Waals surface area contributed by atoms with Crippen LogP contribution in [0.3, 0.4) is 0 Å². The molecular formula is C12H17N3O4. The Morgan fingerprint density at radius 3 is 2.74 bits per heavy atom. The number of methoxy groups -OCH3 is 1. The predicted octanol–water partition coefficient (Wildman–Crippen LogP) is 0.344. The quantitative estimate of drug-likeness (QED) is 0.587. The smallest absolute Gasteiger partial charge is 0.337 e. The van der Waals surface area contributed by atoms with Gasteiger partial charge in [0, 0.05) is 32.8 Å². The molecule has 0 saturated heterocycles. The molecule has 1 aromatic heterocycles. The van der Waals surface area contributed by atoms with Crippen LogP contribution in [0.15, 0.2) is 18.3 Å². The first-order chi connectivity index (χ1) is 9.13. The molecule has 0 spiro atoms. The van der Waals surface area contributed by atoms with Crippen LogP contribution in [0.25, 0.3) is 0 Å². The van der Waals surface area contributed by atoms with Gasteiger partial charge in [0.25, 0.3) is 0 Å². The standard InChI is InChI=1S/C12H17N3O4/c1-19-7-6-14-11(16)4-5-13-10-3-2-9(8-15-10)12(17)18/h2-3,8H,4-7H2,1H3,(H,13,15)(H,14,16)(H,17,18). The fourth-order valence-electron chi connectivity index (χ4n) is 1.31. The molecule has 1 amide bonds. The number of hydrogen-bond acceptors (Lipinski definition) is 5. The number of rotatable bonds is 8. The molecular weight excluding hydrogens is 250 g/mol. The molecule has 7 heteroatoms. The molecule has 0 aliphatic rings. The second kappa shape index (κ2) is 8.04. The van der Waals surface area contributed by atoms with Crippen LogP contribution in [0.4, 0.5) is 5.82 Å². The summed E-state index contributed by atoms with van der Waals surface area (Å²) in [4.78, 5) is 25.9. The van der Waals surface area contributed by atoms with Gasteiger partial charge in [-0.25, -0.2) is 9.78 Å². The number of ether oxygens (including phenoxy) is 1. The lowest BCUT2D eigenvalue weighted by molar-refractivity contribution is -0.121. The molecule has 0 aliphatic heterocycles. The number of carbonyl (C=O) groups excluding carboxylic acids is 1. The summed E-state index contributed by atoms with van der Waals surface area (Å²) in [7, 11) is 1.57. The fraction of sp³-hybridized carbons (Fsp3) is 0.417. The highest BCUT2D eigenvalue weighted by Gasteiger charge is 2.03. The minimum atomic E-state index is -1.02. The number of carbonyl (C=O) groups is 2. The monoisotopic (exact) mass is 267 g/mol. The Morgan fingerprint density at radius 2 is 2.16 bits per heavy atom. The van der Waals surface area contributed by atoms with Gasteiger partial charge < -0.3 is 20.5 Å². The van der Waals surface area contributed by atoms with Crippen molar-refractivity contribution in [2.24, 2.45) is 0 Å². The minimum absolute atomic E-state index is 0.0771. The van der Waals surface area contributed by atoms with Gasteiger partial charge in [-0.15, -0.1) is 0 Å². The van der Waals surface area contributed by atoms with Crippen LogP contribution in [-0.4, -0.2) is 48.8 Å². The molecule has 1 heterocycles. The number of pyridine rings is 1. The molecule has 0 fully saturated rings. The Bertz CT molecular complexity index is 419. The maximum absolute atomic E-state index is 11.3. The number of aromatic carboxylic acids is 1. The molecule has 0 saturated carbocycles. The van der Waals surface area contributed by atoms with E-state index in [0.29, 0.717) is 31.9 Å². The summed E-state index contributed by atoms with van der Waals surface area (Å²) in [5.41, 5.74) is 0.128. The van der Waals surface area contributed by atoms with E-state index in [9.17, 15) is 9.59 Å². The highest BCUT2D eigenvalue weighted by Crippen LogP contribution is 2.04. The third-order valence-electron chi connectivity index (χ3n) is 2.30. The van der Waals surface area contributed by atoms with Gasteiger partial charge in [-0.05, 0) is 12.1 Å². The third-order valence-corrected chi connectivity index (χ3v) is 2.30. The van der Waals surface area contributed by atoms with Crippen molar-refractivity contribution in [3.05, 3.63) is 23.9 Å². The normalized spacial score (nSPS) is 9.95. The first-order valence-corrected chi connectivity index (χ1v) is 5.82. The average Bonchev–Trinajstić information content (AvgIpc) is 2.39. The van der Waals surface area contributed by atoms with Crippen molar-refractivity contribution in [3.63, 3.8) is 0 Å². The molecule has 0 bridgehead atoms. The zero-order valence-corrected chi connectivity index (χ0v) is 10.7. The number of hydrogen-bond donors (Lipinski definition) is 3. The van der Waals surface area contributed by atoms with E-state index in [1.54, 1.807) is 13.2 Å². The largest absolute Gasteiger partial charge is 0.478 e. The summed E-state index contributed by atoms with van der Waals surface area (Å²) in [6, 6.07) is 3.02. The van der Waals surface area contributed by atoms with Gasteiger partial charge in [0.15, 0.2) is 0 Å². The van der Waals surface area contributed by atoms with Crippen LogP contribution in [-0.2, 0) is 9.53 Å². The van der Waals surface area contributed by atoms with E-state index in [0.717, 1.165) is 0 Å². The SMILES string of the molecule is COCCNC(=O)CCNc1ccc(C(=O)O)cn1. The van der Waals surface area contributed by atoms with Crippen LogP contribution in [0, 0.1) is 0 Å². The van der Waals surface area contributed by atoms with Crippen molar-refractivity contribution >= 4 is 17.7 Å². The molecule has 3 N–H and O–H groups in total. The lowest BCUT2D eigenvalue weighted by Crippen LogP contribution is -2.28. The minimum Gasteiger partial charge on any atom is -0.478 e. The molecule has 0 atom stereocenters. The summed E-state index contributed by atoms with van der Waals surface area (Å²) < 4.78 is 4.81. The Hall–Kier alpha value is -2.15. The van der Waals surface area contributed by atoms with Crippen LogP contribution >= 0.6 is 0 Å². The van der Waals surface area contributed by atoms with E-state index in [4.69, 9.17) is 9.84 Å². The van der Waals surface area contributed by atoms with E-state index < -0.39 is 5.97 Å². The number of nitrogens with one attached hydrogen (secondary N) is 2.